The van der Waals surface area contributed by atoms with E-state index in [4.69, 9.17) is 5.11 Å². The lowest BCUT2D eigenvalue weighted by Gasteiger charge is -2.36. The van der Waals surface area contributed by atoms with Crippen LogP contribution in [0.2, 0.25) is 0 Å². The van der Waals surface area contributed by atoms with E-state index < -0.39 is 6.10 Å². The summed E-state index contributed by atoms with van der Waals surface area (Å²) in [6, 6.07) is 5.00. The number of rotatable bonds is 4. The monoisotopic (exact) mass is 366 g/mol. The minimum atomic E-state index is -0.418. The Hall–Kier alpha value is -1.73. The molecule has 1 aromatic carbocycles. The van der Waals surface area contributed by atoms with Crippen LogP contribution in [0.15, 0.2) is 22.7 Å². The number of amides is 3. The van der Waals surface area contributed by atoms with Crippen molar-refractivity contribution in [2.24, 2.45) is 0 Å². The van der Waals surface area contributed by atoms with E-state index in [0.29, 0.717) is 30.6 Å². The largest absolute Gasteiger partial charge is 0.389 e. The normalized spacial score (nSPS) is 17.7. The van der Waals surface area contributed by atoms with Gasteiger partial charge in [0.2, 0.25) is 5.91 Å². The second-order valence-electron chi connectivity index (χ2n) is 5.51. The predicted molar refractivity (Wildman–Crippen MR) is 81.3 cm³/mol. The molecule has 0 aromatic heterocycles. The second-order valence-corrected chi connectivity index (χ2v) is 6.42. The number of carbonyl (C=O) groups excluding carboxylic acids is 3. The van der Waals surface area contributed by atoms with Crippen LogP contribution in [0.25, 0.3) is 0 Å². The summed E-state index contributed by atoms with van der Waals surface area (Å²) in [6.45, 7) is 0.978. The molecule has 2 aliphatic rings. The third kappa shape index (κ3) is 2.66. The lowest BCUT2D eigenvalue weighted by molar-refractivity contribution is -0.141. The zero-order chi connectivity index (χ0) is 15.9. The molecule has 0 spiro atoms. The highest BCUT2D eigenvalue weighted by Crippen LogP contribution is 2.26. The number of imide groups is 1. The number of nitrogens with zero attached hydrogens (tertiary/aromatic N) is 2. The van der Waals surface area contributed by atoms with Gasteiger partial charge in [-0.3, -0.25) is 19.3 Å². The first-order valence-electron chi connectivity index (χ1n) is 7.09. The molecule has 0 unspecified atom stereocenters. The van der Waals surface area contributed by atoms with Crippen molar-refractivity contribution in [1.82, 2.24) is 9.80 Å². The molecule has 0 radical (unpaired) electrons. The molecular weight excluding hydrogens is 352 g/mol. The molecule has 7 heteroatoms. The minimum Gasteiger partial charge on any atom is -0.389 e. The maximum Gasteiger partial charge on any atom is 0.261 e. The Balaban J connectivity index is 1.57. The molecule has 22 heavy (non-hydrogen) atoms. The van der Waals surface area contributed by atoms with Gasteiger partial charge in [-0.25, -0.2) is 0 Å². The van der Waals surface area contributed by atoms with Crippen LogP contribution in [0.4, 0.5) is 0 Å². The van der Waals surface area contributed by atoms with Gasteiger partial charge in [-0.15, -0.1) is 0 Å². The summed E-state index contributed by atoms with van der Waals surface area (Å²) in [5, 5.41) is 9.16. The smallest absolute Gasteiger partial charge is 0.261 e. The van der Waals surface area contributed by atoms with Gasteiger partial charge < -0.3 is 10.0 Å². The van der Waals surface area contributed by atoms with E-state index in [-0.39, 0.29) is 30.7 Å². The number of carbonyl (C=O) groups is 3. The number of aliphatic hydroxyl groups excluding tert-OH is 1. The summed E-state index contributed by atoms with van der Waals surface area (Å²) in [4.78, 5) is 39.0. The number of hydrogen-bond acceptors (Lipinski definition) is 4. The van der Waals surface area contributed by atoms with E-state index in [1.807, 2.05) is 0 Å². The van der Waals surface area contributed by atoms with Gasteiger partial charge in [-0.05, 0) is 24.6 Å². The first kappa shape index (κ1) is 15.2. The summed E-state index contributed by atoms with van der Waals surface area (Å²) < 4.78 is 0.751. The second kappa shape index (κ2) is 5.81. The minimum absolute atomic E-state index is 0.0512. The number of benzene rings is 1. The Labute approximate surface area is 135 Å². The van der Waals surface area contributed by atoms with Crippen molar-refractivity contribution in [1.29, 1.82) is 0 Å². The van der Waals surface area contributed by atoms with Crippen LogP contribution < -0.4 is 0 Å². The SMILES string of the molecule is O=C(CCCN1C(=O)c2ccc(Br)cc2C1=O)N1CC(O)C1. The molecule has 3 rings (SSSR count). The molecule has 2 heterocycles. The third-order valence-electron chi connectivity index (χ3n) is 3.92. The van der Waals surface area contributed by atoms with E-state index in [2.05, 4.69) is 15.9 Å². The van der Waals surface area contributed by atoms with Gasteiger partial charge >= 0.3 is 0 Å². The van der Waals surface area contributed by atoms with Crippen LogP contribution in [0, 0.1) is 0 Å². The summed E-state index contributed by atoms with van der Waals surface area (Å²) in [6.07, 6.45) is 0.278. The van der Waals surface area contributed by atoms with Gasteiger partial charge in [0.1, 0.15) is 0 Å². The number of β-amino-alcohol motifs (C(OH)–C–C–N with tert-alkyl or cyclic N) is 1. The van der Waals surface area contributed by atoms with Gasteiger partial charge in [0.25, 0.3) is 11.8 Å². The summed E-state index contributed by atoms with van der Waals surface area (Å²) in [7, 11) is 0. The fourth-order valence-corrected chi connectivity index (χ4v) is 3.03. The van der Waals surface area contributed by atoms with Gasteiger partial charge in [0, 0.05) is 30.5 Å². The molecule has 1 N–H and O–H groups in total. The first-order valence-corrected chi connectivity index (χ1v) is 7.88. The number of likely N-dealkylation sites (tertiary alicyclic amines) is 1. The van der Waals surface area contributed by atoms with Crippen LogP contribution in [0.1, 0.15) is 33.6 Å². The molecule has 116 valence electrons. The lowest BCUT2D eigenvalue weighted by atomic mass is 10.1. The zero-order valence-corrected chi connectivity index (χ0v) is 13.4. The van der Waals surface area contributed by atoms with E-state index in [0.717, 1.165) is 4.47 Å². The molecule has 2 aliphatic heterocycles. The van der Waals surface area contributed by atoms with Crippen LogP contribution in [-0.2, 0) is 4.79 Å². The summed E-state index contributed by atoms with van der Waals surface area (Å²) >= 11 is 3.29. The number of fused-ring (bicyclic) bond motifs is 1. The van der Waals surface area contributed by atoms with E-state index in [1.165, 1.54) is 4.90 Å². The summed E-state index contributed by atoms with van der Waals surface area (Å²) in [5.74, 6) is -0.669. The van der Waals surface area contributed by atoms with E-state index in [9.17, 15) is 14.4 Å². The first-order chi connectivity index (χ1) is 10.5. The molecule has 0 aliphatic carbocycles. The van der Waals surface area contributed by atoms with E-state index in [1.54, 1.807) is 23.1 Å². The Morgan fingerprint density at radius 3 is 2.59 bits per heavy atom. The third-order valence-corrected chi connectivity index (χ3v) is 4.41. The fourth-order valence-electron chi connectivity index (χ4n) is 2.67. The Bertz CT molecular complexity index is 655. The maximum absolute atomic E-state index is 12.2. The number of hydrogen-bond donors (Lipinski definition) is 1. The topological polar surface area (TPSA) is 77.9 Å². The quantitative estimate of drug-likeness (QED) is 0.807. The summed E-state index contributed by atoms with van der Waals surface area (Å²) in [5.41, 5.74) is 0.807. The van der Waals surface area contributed by atoms with Crippen molar-refractivity contribution in [3.05, 3.63) is 33.8 Å². The molecule has 3 amide bonds. The number of halogens is 1. The Morgan fingerprint density at radius 2 is 1.91 bits per heavy atom. The van der Waals surface area contributed by atoms with Crippen LogP contribution in [0.3, 0.4) is 0 Å². The van der Waals surface area contributed by atoms with Crippen LogP contribution in [0.5, 0.6) is 0 Å². The van der Waals surface area contributed by atoms with Crippen molar-refractivity contribution >= 4 is 33.7 Å². The molecule has 1 saturated heterocycles. The maximum atomic E-state index is 12.2. The van der Waals surface area contributed by atoms with Gasteiger partial charge in [-0.2, -0.15) is 0 Å². The molecule has 1 aromatic rings. The molecule has 1 fully saturated rings. The molecule has 0 bridgehead atoms. The zero-order valence-electron chi connectivity index (χ0n) is 11.8. The fraction of sp³-hybridized carbons (Fsp3) is 0.400. The standard InChI is InChI=1S/C15H15BrN2O4/c16-9-3-4-11-12(6-9)15(22)18(14(11)21)5-1-2-13(20)17-7-10(19)8-17/h3-4,6,10,19H,1-2,5,7-8H2. The van der Waals surface area contributed by atoms with Gasteiger partial charge in [0.05, 0.1) is 17.2 Å². The van der Waals surface area contributed by atoms with Crippen LogP contribution in [-0.4, -0.2) is 58.4 Å². The average molecular weight is 367 g/mol. The van der Waals surface area contributed by atoms with Crippen molar-refractivity contribution < 1.29 is 19.5 Å². The predicted octanol–water partition coefficient (Wildman–Crippen LogP) is 1.03. The van der Waals surface area contributed by atoms with Crippen molar-refractivity contribution in [2.45, 2.75) is 18.9 Å². The highest BCUT2D eigenvalue weighted by Gasteiger charge is 2.35. The lowest BCUT2D eigenvalue weighted by Crippen LogP contribution is -2.53. The van der Waals surface area contributed by atoms with Crippen molar-refractivity contribution in [3.63, 3.8) is 0 Å². The van der Waals surface area contributed by atoms with Gasteiger partial charge in [-0.1, -0.05) is 15.9 Å². The van der Waals surface area contributed by atoms with Gasteiger partial charge in [0.15, 0.2) is 0 Å². The number of aliphatic hydroxyl groups is 1. The van der Waals surface area contributed by atoms with E-state index >= 15 is 0 Å². The van der Waals surface area contributed by atoms with Crippen LogP contribution >= 0.6 is 15.9 Å². The molecule has 0 atom stereocenters. The molecule has 6 nitrogen and oxygen atoms in total. The molecule has 0 saturated carbocycles. The van der Waals surface area contributed by atoms with Crippen molar-refractivity contribution in [3.8, 4) is 0 Å². The Kier molecular flexibility index (Phi) is 4.01. The molecular formula is C15H15BrN2O4. The average Bonchev–Trinajstić information content (AvgIpc) is 2.68. The Morgan fingerprint density at radius 1 is 1.23 bits per heavy atom. The van der Waals surface area contributed by atoms with Crippen molar-refractivity contribution in [2.75, 3.05) is 19.6 Å². The highest BCUT2D eigenvalue weighted by atomic mass is 79.9. The highest BCUT2D eigenvalue weighted by molar-refractivity contribution is 9.10.